The van der Waals surface area contributed by atoms with Gasteiger partial charge in [-0.2, -0.15) is 0 Å². The lowest BCUT2D eigenvalue weighted by atomic mass is 9.98. The van der Waals surface area contributed by atoms with Gasteiger partial charge in [0.05, 0.1) is 5.56 Å². The quantitative estimate of drug-likeness (QED) is 0.508. The molecule has 0 radical (unpaired) electrons. The van der Waals surface area contributed by atoms with Crippen LogP contribution in [-0.2, 0) is 16.5 Å². The first-order chi connectivity index (χ1) is 13.9. The summed E-state index contributed by atoms with van der Waals surface area (Å²) in [5, 5.41) is 3.59. The summed E-state index contributed by atoms with van der Waals surface area (Å²) in [4.78, 5) is -0.891. The molecule has 5 nitrogen and oxygen atoms in total. The number of alkyl halides is 4. The van der Waals surface area contributed by atoms with Crippen molar-refractivity contribution < 1.29 is 44.0 Å². The number of hydrogen-bond acceptors (Lipinski definition) is 5. The number of nitrogens with zero attached hydrogens (tertiary/aromatic N) is 1. The largest absolute Gasteiger partial charge is 0.573 e. The fraction of sp³-hybridized carbons (Fsp3) is 0.167. The zero-order valence-electron chi connectivity index (χ0n) is 14.9. The standard InChI is InChI=1S/C18H11F6NO4S/c1-30(26,27)15-7-12(20)11(6-13(15)21)16-14(8-19)29-25-17(16)9-2-4-10(5-3-9)28-18(22,23)24/h2-7H,8H2,1H3. The second kappa shape index (κ2) is 7.67. The van der Waals surface area contributed by atoms with E-state index in [0.717, 1.165) is 24.3 Å². The minimum Gasteiger partial charge on any atom is -0.406 e. The van der Waals surface area contributed by atoms with Gasteiger partial charge in [-0.25, -0.2) is 21.6 Å². The number of aromatic nitrogens is 1. The lowest BCUT2D eigenvalue weighted by molar-refractivity contribution is -0.274. The Bertz CT molecular complexity index is 1190. The number of hydrogen-bond donors (Lipinski definition) is 0. The van der Waals surface area contributed by atoms with Crippen molar-refractivity contribution in [2.24, 2.45) is 0 Å². The average Bonchev–Trinajstić information content (AvgIpc) is 3.05. The van der Waals surface area contributed by atoms with Crippen LogP contribution in [0.1, 0.15) is 5.76 Å². The molecule has 12 heteroatoms. The summed E-state index contributed by atoms with van der Waals surface area (Å²) in [5.74, 6) is -3.49. The highest BCUT2D eigenvalue weighted by Gasteiger charge is 2.31. The van der Waals surface area contributed by atoms with Crippen LogP contribution in [0.5, 0.6) is 5.75 Å². The Morgan fingerprint density at radius 2 is 1.70 bits per heavy atom. The van der Waals surface area contributed by atoms with E-state index < -0.39 is 56.5 Å². The lowest BCUT2D eigenvalue weighted by Crippen LogP contribution is -2.16. The molecule has 0 spiro atoms. The minimum atomic E-state index is -4.91. The zero-order chi connectivity index (χ0) is 22.3. The van der Waals surface area contributed by atoms with Crippen molar-refractivity contribution in [1.82, 2.24) is 5.16 Å². The summed E-state index contributed by atoms with van der Waals surface area (Å²) in [5.41, 5.74) is -0.931. The Morgan fingerprint density at radius 1 is 1.07 bits per heavy atom. The van der Waals surface area contributed by atoms with Crippen molar-refractivity contribution in [3.63, 3.8) is 0 Å². The Morgan fingerprint density at radius 3 is 2.23 bits per heavy atom. The van der Waals surface area contributed by atoms with Gasteiger partial charge in [-0.05, 0) is 36.4 Å². The monoisotopic (exact) mass is 451 g/mol. The van der Waals surface area contributed by atoms with Crippen LogP contribution in [0.25, 0.3) is 22.4 Å². The van der Waals surface area contributed by atoms with Crippen LogP contribution in [0, 0.1) is 11.6 Å². The van der Waals surface area contributed by atoms with E-state index >= 15 is 0 Å². The topological polar surface area (TPSA) is 69.4 Å². The Balaban J connectivity index is 2.13. The molecule has 2 aromatic carbocycles. The SMILES string of the molecule is CS(=O)(=O)c1cc(F)c(-c2c(-c3ccc(OC(F)(F)F)cc3)noc2CF)cc1F. The molecule has 30 heavy (non-hydrogen) atoms. The van der Waals surface area contributed by atoms with Gasteiger partial charge in [0, 0.05) is 17.4 Å². The summed E-state index contributed by atoms with van der Waals surface area (Å²) in [7, 11) is -4.07. The Kier molecular flexibility index (Phi) is 5.54. The lowest BCUT2D eigenvalue weighted by Gasteiger charge is -2.10. The predicted octanol–water partition coefficient (Wildman–Crippen LogP) is 5.06. The molecule has 0 bridgehead atoms. The molecule has 0 amide bonds. The molecule has 0 N–H and O–H groups in total. The molecule has 0 aliphatic carbocycles. The summed E-state index contributed by atoms with van der Waals surface area (Å²) >= 11 is 0. The molecule has 0 aliphatic heterocycles. The van der Waals surface area contributed by atoms with Gasteiger partial charge >= 0.3 is 6.36 Å². The molecule has 0 atom stereocenters. The van der Waals surface area contributed by atoms with Crippen LogP contribution in [0.3, 0.4) is 0 Å². The van der Waals surface area contributed by atoms with E-state index in [4.69, 9.17) is 4.52 Å². The van der Waals surface area contributed by atoms with Crippen molar-refractivity contribution in [2.45, 2.75) is 17.9 Å². The Hall–Kier alpha value is -3.02. The summed E-state index contributed by atoms with van der Waals surface area (Å²) in [6.45, 7) is -1.26. The predicted molar refractivity (Wildman–Crippen MR) is 91.9 cm³/mol. The van der Waals surface area contributed by atoms with Crippen molar-refractivity contribution in [3.05, 3.63) is 53.8 Å². The molecule has 3 aromatic rings. The third kappa shape index (κ3) is 4.42. The van der Waals surface area contributed by atoms with Crippen LogP contribution in [0.15, 0.2) is 45.8 Å². The molecule has 0 fully saturated rings. The first-order valence-corrected chi connectivity index (χ1v) is 9.90. The van der Waals surface area contributed by atoms with E-state index in [1.807, 2.05) is 0 Å². The summed E-state index contributed by atoms with van der Waals surface area (Å²) in [6.07, 6.45) is -4.23. The highest BCUT2D eigenvalue weighted by atomic mass is 32.2. The van der Waals surface area contributed by atoms with E-state index in [1.165, 1.54) is 0 Å². The van der Waals surface area contributed by atoms with E-state index in [1.54, 1.807) is 0 Å². The van der Waals surface area contributed by atoms with Crippen LogP contribution in [0.4, 0.5) is 26.3 Å². The number of rotatable bonds is 5. The number of ether oxygens (including phenoxy) is 1. The van der Waals surface area contributed by atoms with Crippen LogP contribution in [-0.4, -0.2) is 26.2 Å². The van der Waals surface area contributed by atoms with Gasteiger partial charge in [0.25, 0.3) is 0 Å². The molecule has 1 heterocycles. The highest BCUT2D eigenvalue weighted by molar-refractivity contribution is 7.90. The van der Waals surface area contributed by atoms with Crippen molar-refractivity contribution in [2.75, 3.05) is 6.26 Å². The number of sulfone groups is 1. The van der Waals surface area contributed by atoms with Crippen LogP contribution in [0.2, 0.25) is 0 Å². The number of benzene rings is 2. The average molecular weight is 451 g/mol. The molecule has 3 rings (SSSR count). The van der Waals surface area contributed by atoms with Crippen LogP contribution < -0.4 is 4.74 Å². The van der Waals surface area contributed by atoms with E-state index in [2.05, 4.69) is 9.89 Å². The first-order valence-electron chi connectivity index (χ1n) is 8.01. The van der Waals surface area contributed by atoms with Gasteiger partial charge in [0.1, 0.15) is 28.0 Å². The van der Waals surface area contributed by atoms with E-state index in [9.17, 15) is 34.8 Å². The molecule has 0 saturated carbocycles. The fourth-order valence-corrected chi connectivity index (χ4v) is 3.44. The fourth-order valence-electron chi connectivity index (χ4n) is 2.71. The molecular weight excluding hydrogens is 440 g/mol. The third-order valence-corrected chi connectivity index (χ3v) is 5.05. The summed E-state index contributed by atoms with van der Waals surface area (Å²) in [6, 6.07) is 5.15. The maximum Gasteiger partial charge on any atom is 0.573 e. The van der Waals surface area contributed by atoms with Gasteiger partial charge in [0.15, 0.2) is 22.3 Å². The maximum atomic E-state index is 14.6. The normalized spacial score (nSPS) is 12.2. The van der Waals surface area contributed by atoms with Crippen LogP contribution >= 0.6 is 0 Å². The first kappa shape index (κ1) is 21.7. The Labute approximate surface area is 165 Å². The zero-order valence-corrected chi connectivity index (χ0v) is 15.7. The van der Waals surface area contributed by atoms with Gasteiger partial charge in [-0.15, -0.1) is 13.2 Å². The maximum absolute atomic E-state index is 14.6. The highest BCUT2D eigenvalue weighted by Crippen LogP contribution is 2.38. The van der Waals surface area contributed by atoms with E-state index in [0.29, 0.717) is 18.4 Å². The second-order valence-corrected chi connectivity index (χ2v) is 8.05. The molecule has 0 unspecified atom stereocenters. The van der Waals surface area contributed by atoms with Crippen molar-refractivity contribution >= 4 is 9.84 Å². The molecule has 0 aliphatic rings. The number of halogens is 6. The summed E-state index contributed by atoms with van der Waals surface area (Å²) < 4.78 is 111. The molecule has 0 saturated heterocycles. The van der Waals surface area contributed by atoms with Gasteiger partial charge < -0.3 is 9.26 Å². The minimum absolute atomic E-state index is 0.0926. The van der Waals surface area contributed by atoms with Gasteiger partial charge in [-0.1, -0.05) is 5.16 Å². The van der Waals surface area contributed by atoms with E-state index in [-0.39, 0.29) is 16.8 Å². The third-order valence-electron chi connectivity index (χ3n) is 3.94. The van der Waals surface area contributed by atoms with Gasteiger partial charge in [0.2, 0.25) is 0 Å². The molecule has 1 aromatic heterocycles. The molecule has 160 valence electrons. The van der Waals surface area contributed by atoms with Crippen molar-refractivity contribution in [1.29, 1.82) is 0 Å². The second-order valence-electron chi connectivity index (χ2n) is 6.07. The molecular formula is C18H11F6NO4S. The van der Waals surface area contributed by atoms with Gasteiger partial charge in [-0.3, -0.25) is 0 Å². The van der Waals surface area contributed by atoms with Crippen molar-refractivity contribution in [3.8, 4) is 28.1 Å². The smallest absolute Gasteiger partial charge is 0.406 e.